The molecular formula is C19H17N3O3S3. The highest BCUT2D eigenvalue weighted by atomic mass is 32.2. The zero-order valence-corrected chi connectivity index (χ0v) is 17.6. The van der Waals surface area contributed by atoms with Crippen molar-refractivity contribution in [1.82, 2.24) is 4.90 Å². The third-order valence-corrected chi connectivity index (χ3v) is 8.18. The molecule has 4 rings (SSSR count). The number of carbonyl (C=O) groups is 1. The number of nitrogens with zero attached hydrogens (tertiary/aromatic N) is 3. The minimum Gasteiger partial charge on any atom is -0.337 e. The Morgan fingerprint density at radius 1 is 1.00 bits per heavy atom. The molecule has 0 N–H and O–H groups in total. The summed E-state index contributed by atoms with van der Waals surface area (Å²) in [5.41, 5.74) is 1.02. The fraction of sp³-hybridized carbons (Fsp3) is 0.158. The average Bonchev–Trinajstić information content (AvgIpc) is 3.19. The van der Waals surface area contributed by atoms with Crippen molar-refractivity contribution in [1.29, 1.82) is 0 Å². The van der Waals surface area contributed by atoms with E-state index in [1.165, 1.54) is 28.8 Å². The van der Waals surface area contributed by atoms with Gasteiger partial charge in [0, 0.05) is 18.5 Å². The van der Waals surface area contributed by atoms with E-state index in [1.807, 2.05) is 36.2 Å². The number of para-hydroxylation sites is 1. The van der Waals surface area contributed by atoms with Crippen molar-refractivity contribution < 1.29 is 13.2 Å². The maximum atomic E-state index is 13.0. The number of amides is 1. The molecule has 2 aliphatic heterocycles. The molecule has 144 valence electrons. The zero-order valence-electron chi connectivity index (χ0n) is 15.2. The third kappa shape index (κ3) is 3.23. The van der Waals surface area contributed by atoms with E-state index in [0.717, 1.165) is 27.4 Å². The molecule has 0 bridgehead atoms. The van der Waals surface area contributed by atoms with Crippen LogP contribution in [0.1, 0.15) is 6.92 Å². The lowest BCUT2D eigenvalue weighted by Crippen LogP contribution is -2.30. The van der Waals surface area contributed by atoms with Crippen molar-refractivity contribution >= 4 is 50.3 Å². The average molecular weight is 432 g/mol. The van der Waals surface area contributed by atoms with Gasteiger partial charge in [0.15, 0.2) is 5.17 Å². The van der Waals surface area contributed by atoms with E-state index in [4.69, 9.17) is 0 Å². The van der Waals surface area contributed by atoms with Gasteiger partial charge in [-0.25, -0.2) is 0 Å². The van der Waals surface area contributed by atoms with Crippen LogP contribution >= 0.6 is 23.5 Å². The highest BCUT2D eigenvalue weighted by Gasteiger charge is 2.39. The molecule has 2 heterocycles. The summed E-state index contributed by atoms with van der Waals surface area (Å²) in [5, 5.41) is 0.973. The van der Waals surface area contributed by atoms with Gasteiger partial charge in [-0.15, -0.1) is 4.40 Å². The van der Waals surface area contributed by atoms with Crippen molar-refractivity contribution in [3.8, 4) is 0 Å². The molecule has 0 spiro atoms. The van der Waals surface area contributed by atoms with Gasteiger partial charge >= 0.3 is 0 Å². The molecule has 0 radical (unpaired) electrons. The predicted octanol–water partition coefficient (Wildman–Crippen LogP) is 3.74. The van der Waals surface area contributed by atoms with Crippen LogP contribution in [0.25, 0.3) is 0 Å². The number of fused-ring (bicyclic) bond motifs is 1. The number of carbonyl (C=O) groups excluding carboxylic acids is 1. The quantitative estimate of drug-likeness (QED) is 0.690. The number of thioether (sulfide) groups is 2. The highest BCUT2D eigenvalue weighted by Crippen LogP contribution is 2.49. The SMILES string of the molecule is CCN1C(=O)/C(=C2\Sc3ccccc3N2C)SC1=NS(=O)(=O)c1ccccc1. The van der Waals surface area contributed by atoms with Gasteiger partial charge in [-0.1, -0.05) is 42.1 Å². The smallest absolute Gasteiger partial charge is 0.284 e. The van der Waals surface area contributed by atoms with Crippen LogP contribution in [0.3, 0.4) is 0 Å². The van der Waals surface area contributed by atoms with E-state index in [9.17, 15) is 13.2 Å². The molecule has 1 amide bonds. The van der Waals surface area contributed by atoms with E-state index in [-0.39, 0.29) is 16.0 Å². The molecule has 2 aliphatic rings. The number of hydrogen-bond donors (Lipinski definition) is 0. The Hall–Kier alpha value is -2.23. The fourth-order valence-electron chi connectivity index (χ4n) is 2.93. The van der Waals surface area contributed by atoms with E-state index in [0.29, 0.717) is 11.4 Å². The van der Waals surface area contributed by atoms with Gasteiger partial charge in [0.2, 0.25) is 0 Å². The summed E-state index contributed by atoms with van der Waals surface area (Å²) in [6, 6.07) is 15.9. The zero-order chi connectivity index (χ0) is 19.9. The number of rotatable bonds is 3. The fourth-order valence-corrected chi connectivity index (χ4v) is 6.54. The molecule has 9 heteroatoms. The minimum absolute atomic E-state index is 0.104. The first-order valence-corrected chi connectivity index (χ1v) is 11.6. The summed E-state index contributed by atoms with van der Waals surface area (Å²) in [4.78, 5) is 18.0. The number of likely N-dealkylation sites (N-methyl/N-ethyl adjacent to an activating group) is 1. The standard InChI is InChI=1S/C19H17N3O3S3/c1-3-22-17(23)16(18-21(2)14-11-7-8-12-15(14)26-18)27-19(22)20-28(24,25)13-9-5-4-6-10-13/h4-12H,3H2,1-2H3/b18-16+,20-19?. The number of benzene rings is 2. The lowest BCUT2D eigenvalue weighted by molar-refractivity contribution is -0.122. The second-order valence-corrected chi connectivity index (χ2v) is 9.69. The molecule has 0 aromatic heterocycles. The summed E-state index contributed by atoms with van der Waals surface area (Å²) in [5.74, 6) is -0.225. The molecule has 1 fully saturated rings. The highest BCUT2D eigenvalue weighted by molar-refractivity contribution is 8.19. The number of sulfonamides is 1. The van der Waals surface area contributed by atoms with Gasteiger partial charge in [0.25, 0.3) is 15.9 Å². The van der Waals surface area contributed by atoms with Crippen LogP contribution in [0.5, 0.6) is 0 Å². The third-order valence-electron chi connectivity index (χ3n) is 4.35. The summed E-state index contributed by atoms with van der Waals surface area (Å²) in [6.07, 6.45) is 0. The summed E-state index contributed by atoms with van der Waals surface area (Å²) < 4.78 is 29.3. The van der Waals surface area contributed by atoms with Gasteiger partial charge in [0.1, 0.15) is 4.91 Å². The molecular weight excluding hydrogens is 414 g/mol. The number of anilines is 1. The number of hydrogen-bond acceptors (Lipinski definition) is 6. The van der Waals surface area contributed by atoms with Crippen molar-refractivity contribution in [3.63, 3.8) is 0 Å². The van der Waals surface area contributed by atoms with Crippen LogP contribution in [0.4, 0.5) is 5.69 Å². The first kappa shape index (κ1) is 19.1. The Morgan fingerprint density at radius 2 is 1.68 bits per heavy atom. The lowest BCUT2D eigenvalue weighted by atomic mass is 10.3. The monoisotopic (exact) mass is 431 g/mol. The van der Waals surface area contributed by atoms with Gasteiger partial charge < -0.3 is 4.90 Å². The second-order valence-electron chi connectivity index (χ2n) is 6.08. The summed E-state index contributed by atoms with van der Waals surface area (Å²) in [7, 11) is -1.99. The lowest BCUT2D eigenvalue weighted by Gasteiger charge is -2.15. The molecule has 0 aliphatic carbocycles. The molecule has 2 aromatic carbocycles. The van der Waals surface area contributed by atoms with Crippen LogP contribution in [0, 0.1) is 0 Å². The summed E-state index contributed by atoms with van der Waals surface area (Å²) in [6.45, 7) is 2.14. The van der Waals surface area contributed by atoms with E-state index >= 15 is 0 Å². The van der Waals surface area contributed by atoms with Crippen molar-refractivity contribution in [2.45, 2.75) is 16.7 Å². The Morgan fingerprint density at radius 3 is 2.36 bits per heavy atom. The van der Waals surface area contributed by atoms with Crippen LogP contribution in [0.2, 0.25) is 0 Å². The molecule has 0 saturated carbocycles. The normalized spacial score (nSPS) is 20.9. The molecule has 1 saturated heterocycles. The van der Waals surface area contributed by atoms with Crippen LogP contribution < -0.4 is 4.90 Å². The maximum Gasteiger partial charge on any atom is 0.284 e. The molecule has 0 atom stereocenters. The second kappa shape index (κ2) is 7.31. The van der Waals surface area contributed by atoms with Gasteiger partial charge in [-0.3, -0.25) is 9.69 Å². The maximum absolute atomic E-state index is 13.0. The van der Waals surface area contributed by atoms with Gasteiger partial charge in [0.05, 0.1) is 15.6 Å². The Labute approximate surface area is 172 Å². The molecule has 2 aromatic rings. The Kier molecular flexibility index (Phi) is 4.98. The van der Waals surface area contributed by atoms with E-state index < -0.39 is 10.0 Å². The number of amidine groups is 1. The first-order valence-electron chi connectivity index (χ1n) is 8.57. The van der Waals surface area contributed by atoms with Gasteiger partial charge in [-0.2, -0.15) is 8.42 Å². The predicted molar refractivity (Wildman–Crippen MR) is 114 cm³/mol. The van der Waals surface area contributed by atoms with Crippen molar-refractivity contribution in [2.24, 2.45) is 4.40 Å². The first-order chi connectivity index (χ1) is 13.4. The molecule has 0 unspecified atom stereocenters. The summed E-state index contributed by atoms with van der Waals surface area (Å²) >= 11 is 2.62. The Bertz CT molecular complexity index is 1110. The van der Waals surface area contributed by atoms with E-state index in [1.54, 1.807) is 25.1 Å². The van der Waals surface area contributed by atoms with Gasteiger partial charge in [-0.05, 0) is 43.0 Å². The Balaban J connectivity index is 1.74. The van der Waals surface area contributed by atoms with Crippen LogP contribution in [-0.4, -0.2) is 38.0 Å². The van der Waals surface area contributed by atoms with Crippen molar-refractivity contribution in [3.05, 3.63) is 64.5 Å². The van der Waals surface area contributed by atoms with Crippen LogP contribution in [0.15, 0.2) is 78.7 Å². The molecule has 28 heavy (non-hydrogen) atoms. The van der Waals surface area contributed by atoms with Crippen LogP contribution in [-0.2, 0) is 14.8 Å². The van der Waals surface area contributed by atoms with Crippen molar-refractivity contribution in [2.75, 3.05) is 18.5 Å². The minimum atomic E-state index is -3.89. The molecule has 6 nitrogen and oxygen atoms in total. The largest absolute Gasteiger partial charge is 0.337 e. The van der Waals surface area contributed by atoms with E-state index in [2.05, 4.69) is 4.40 Å². The topological polar surface area (TPSA) is 70.1 Å².